The summed E-state index contributed by atoms with van der Waals surface area (Å²) in [6, 6.07) is 12.5. The number of phenols is 1. The van der Waals surface area contributed by atoms with Crippen molar-refractivity contribution in [3.63, 3.8) is 0 Å². The summed E-state index contributed by atoms with van der Waals surface area (Å²) >= 11 is 1.40. The molecule has 5 heteroatoms. The van der Waals surface area contributed by atoms with Crippen LogP contribution in [0.3, 0.4) is 0 Å². The molecule has 0 atom stereocenters. The minimum absolute atomic E-state index is 0.374. The molecule has 0 aliphatic heterocycles. The normalized spacial score (nSPS) is 11.9. The van der Waals surface area contributed by atoms with Crippen LogP contribution in [0.5, 0.6) is 5.75 Å². The van der Waals surface area contributed by atoms with Crippen LogP contribution in [0.4, 0.5) is 13.2 Å². The molecule has 0 aliphatic carbocycles. The van der Waals surface area contributed by atoms with Crippen molar-refractivity contribution in [2.75, 3.05) is 0 Å². The number of hydrogen-bond acceptors (Lipinski definition) is 2. The van der Waals surface area contributed by atoms with E-state index in [-0.39, 0.29) is 5.75 Å². The molecule has 0 bridgehead atoms. The summed E-state index contributed by atoms with van der Waals surface area (Å²) in [5.41, 5.74) is -0.469. The third-order valence-electron chi connectivity index (χ3n) is 2.96. The number of aromatic hydroxyl groups is 1. The lowest BCUT2D eigenvalue weighted by Gasteiger charge is -2.09. The molecule has 0 saturated carbocycles. The van der Waals surface area contributed by atoms with Gasteiger partial charge in [0.2, 0.25) is 0 Å². The third kappa shape index (κ3) is 2.36. The summed E-state index contributed by atoms with van der Waals surface area (Å²) in [5, 5.41) is 10.5. The molecule has 1 nitrogen and oxygen atoms in total. The Morgan fingerprint density at radius 3 is 2.40 bits per heavy atom. The molecule has 0 spiro atoms. The minimum atomic E-state index is -4.47. The predicted molar refractivity (Wildman–Crippen MR) is 73.9 cm³/mol. The molecule has 1 aromatic heterocycles. The van der Waals surface area contributed by atoms with Crippen molar-refractivity contribution in [2.24, 2.45) is 0 Å². The number of benzene rings is 2. The number of hydrogen-bond donors (Lipinski definition) is 1. The van der Waals surface area contributed by atoms with Crippen LogP contribution in [0.25, 0.3) is 20.5 Å². The molecule has 20 heavy (non-hydrogen) atoms. The fourth-order valence-corrected chi connectivity index (χ4v) is 3.09. The summed E-state index contributed by atoms with van der Waals surface area (Å²) in [7, 11) is 0. The van der Waals surface area contributed by atoms with Gasteiger partial charge in [0.1, 0.15) is 5.75 Å². The molecule has 0 aliphatic rings. The van der Waals surface area contributed by atoms with Crippen molar-refractivity contribution < 1.29 is 18.3 Å². The van der Waals surface area contributed by atoms with Gasteiger partial charge < -0.3 is 5.11 Å². The summed E-state index contributed by atoms with van der Waals surface area (Å²) < 4.78 is 39.3. The Morgan fingerprint density at radius 2 is 1.70 bits per heavy atom. The zero-order valence-corrected chi connectivity index (χ0v) is 10.9. The molecular formula is C15H9F3OS. The second-order valence-corrected chi connectivity index (χ2v) is 5.50. The predicted octanol–water partition coefficient (Wildman–Crippen LogP) is 5.29. The van der Waals surface area contributed by atoms with Gasteiger partial charge in [0.05, 0.1) is 5.56 Å². The zero-order chi connectivity index (χ0) is 14.3. The van der Waals surface area contributed by atoms with Gasteiger partial charge in [-0.25, -0.2) is 0 Å². The molecule has 0 amide bonds. The first-order valence-electron chi connectivity index (χ1n) is 5.84. The molecule has 0 unspecified atom stereocenters. The molecule has 0 radical (unpaired) electrons. The number of halogens is 3. The number of alkyl halides is 3. The van der Waals surface area contributed by atoms with Gasteiger partial charge in [0, 0.05) is 9.58 Å². The molecule has 102 valence electrons. The first-order valence-corrected chi connectivity index (χ1v) is 6.65. The zero-order valence-electron chi connectivity index (χ0n) is 10.1. The van der Waals surface area contributed by atoms with Gasteiger partial charge in [-0.05, 0) is 41.3 Å². The van der Waals surface area contributed by atoms with Crippen molar-refractivity contribution in [1.29, 1.82) is 0 Å². The second-order valence-electron chi connectivity index (χ2n) is 4.41. The topological polar surface area (TPSA) is 20.2 Å². The van der Waals surface area contributed by atoms with Crippen molar-refractivity contribution in [1.82, 2.24) is 0 Å². The van der Waals surface area contributed by atoms with E-state index < -0.39 is 11.7 Å². The van der Waals surface area contributed by atoms with E-state index in [2.05, 4.69) is 0 Å². The van der Waals surface area contributed by atoms with E-state index in [1.165, 1.54) is 17.4 Å². The fourth-order valence-electron chi connectivity index (χ4n) is 2.04. The molecular weight excluding hydrogens is 285 g/mol. The summed E-state index contributed by atoms with van der Waals surface area (Å²) in [6.07, 6.45) is -4.47. The number of rotatable bonds is 1. The van der Waals surface area contributed by atoms with Crippen LogP contribution in [0.1, 0.15) is 5.56 Å². The standard InChI is InChI=1S/C15H9F3OS/c16-15(17,18)11-5-10(6-12(19)8-11)14-7-9-3-1-2-4-13(9)20-14/h1-8,19H. The highest BCUT2D eigenvalue weighted by molar-refractivity contribution is 7.22. The maximum Gasteiger partial charge on any atom is 0.416 e. The minimum Gasteiger partial charge on any atom is -0.508 e. The highest BCUT2D eigenvalue weighted by atomic mass is 32.1. The van der Waals surface area contributed by atoms with Crippen molar-refractivity contribution in [2.45, 2.75) is 6.18 Å². The Morgan fingerprint density at radius 1 is 0.950 bits per heavy atom. The molecule has 1 N–H and O–H groups in total. The van der Waals surface area contributed by atoms with Crippen LogP contribution in [0.15, 0.2) is 48.5 Å². The van der Waals surface area contributed by atoms with Crippen LogP contribution in [-0.4, -0.2) is 5.11 Å². The van der Waals surface area contributed by atoms with Crippen LogP contribution in [0.2, 0.25) is 0 Å². The summed E-state index contributed by atoms with van der Waals surface area (Å²) in [5.74, 6) is -0.382. The smallest absolute Gasteiger partial charge is 0.416 e. The van der Waals surface area contributed by atoms with Gasteiger partial charge in [-0.2, -0.15) is 13.2 Å². The highest BCUT2D eigenvalue weighted by Crippen LogP contribution is 2.39. The monoisotopic (exact) mass is 294 g/mol. The lowest BCUT2D eigenvalue weighted by atomic mass is 10.1. The van der Waals surface area contributed by atoms with E-state index in [4.69, 9.17) is 0 Å². The van der Waals surface area contributed by atoms with Crippen molar-refractivity contribution in [3.05, 3.63) is 54.1 Å². The Labute approximate surface area is 116 Å². The summed E-state index contributed by atoms with van der Waals surface area (Å²) in [6.45, 7) is 0. The van der Waals surface area contributed by atoms with Gasteiger partial charge in [0.15, 0.2) is 0 Å². The third-order valence-corrected chi connectivity index (χ3v) is 4.12. The average Bonchev–Trinajstić information content (AvgIpc) is 2.80. The maximum atomic E-state index is 12.8. The Bertz CT molecular complexity index is 741. The van der Waals surface area contributed by atoms with Gasteiger partial charge in [0.25, 0.3) is 0 Å². The molecule has 0 fully saturated rings. The number of thiophene rings is 1. The van der Waals surface area contributed by atoms with E-state index in [0.29, 0.717) is 10.4 Å². The van der Waals surface area contributed by atoms with E-state index >= 15 is 0 Å². The van der Waals surface area contributed by atoms with Gasteiger partial charge in [-0.1, -0.05) is 18.2 Å². The van der Waals surface area contributed by atoms with Crippen LogP contribution in [0, 0.1) is 0 Å². The maximum absolute atomic E-state index is 12.8. The van der Waals surface area contributed by atoms with E-state index in [9.17, 15) is 18.3 Å². The number of fused-ring (bicyclic) bond motifs is 1. The highest BCUT2D eigenvalue weighted by Gasteiger charge is 2.31. The fraction of sp³-hybridized carbons (Fsp3) is 0.0667. The van der Waals surface area contributed by atoms with Gasteiger partial charge in [-0.15, -0.1) is 11.3 Å². The van der Waals surface area contributed by atoms with Crippen molar-refractivity contribution >= 4 is 21.4 Å². The second kappa shape index (κ2) is 4.52. The summed E-state index contributed by atoms with van der Waals surface area (Å²) in [4.78, 5) is 0.701. The Hall–Kier alpha value is -2.01. The number of phenolic OH excluding ortho intramolecular Hbond substituents is 1. The largest absolute Gasteiger partial charge is 0.508 e. The molecule has 1 heterocycles. The average molecular weight is 294 g/mol. The van der Waals surface area contributed by atoms with Crippen LogP contribution in [-0.2, 0) is 6.18 Å². The SMILES string of the molecule is Oc1cc(-c2cc3ccccc3s2)cc(C(F)(F)F)c1. The Balaban J connectivity index is 2.16. The lowest BCUT2D eigenvalue weighted by molar-refractivity contribution is -0.137. The van der Waals surface area contributed by atoms with Gasteiger partial charge >= 0.3 is 6.18 Å². The van der Waals surface area contributed by atoms with Crippen LogP contribution < -0.4 is 0 Å². The molecule has 2 aromatic carbocycles. The Kier molecular flexibility index (Phi) is 2.94. The molecule has 0 saturated heterocycles. The van der Waals surface area contributed by atoms with E-state index in [0.717, 1.165) is 22.2 Å². The van der Waals surface area contributed by atoms with Crippen LogP contribution >= 0.6 is 11.3 Å². The van der Waals surface area contributed by atoms with Gasteiger partial charge in [-0.3, -0.25) is 0 Å². The van der Waals surface area contributed by atoms with E-state index in [1.807, 2.05) is 30.3 Å². The quantitative estimate of drug-likeness (QED) is 0.646. The first kappa shape index (κ1) is 13.0. The lowest BCUT2D eigenvalue weighted by Crippen LogP contribution is -2.04. The van der Waals surface area contributed by atoms with E-state index in [1.54, 1.807) is 0 Å². The molecule has 3 aromatic rings. The van der Waals surface area contributed by atoms with Crippen molar-refractivity contribution in [3.8, 4) is 16.2 Å². The molecule has 3 rings (SSSR count). The first-order chi connectivity index (χ1) is 9.43.